The lowest BCUT2D eigenvalue weighted by atomic mass is 10.0. The smallest absolute Gasteiger partial charge is 0.308 e. The highest BCUT2D eigenvalue weighted by molar-refractivity contribution is 6.05. The minimum absolute atomic E-state index is 0.0500. The van der Waals surface area contributed by atoms with E-state index >= 15 is 0 Å². The number of ether oxygens (including phenoxy) is 8. The third-order valence-corrected chi connectivity index (χ3v) is 11.7. The molecule has 402 valence electrons. The van der Waals surface area contributed by atoms with Crippen LogP contribution in [0.4, 0.5) is 0 Å². The molecular formula is C60H46N4O16. The van der Waals surface area contributed by atoms with E-state index in [-0.39, 0.29) is 135 Å². The van der Waals surface area contributed by atoms with Crippen molar-refractivity contribution < 1.29 is 76.3 Å². The molecule has 0 atom stereocenters. The largest absolute Gasteiger partial charge is 0.426 e. The number of fused-ring (bicyclic) bond motifs is 8. The van der Waals surface area contributed by atoms with Crippen LogP contribution in [-0.4, -0.2) is 67.7 Å². The summed E-state index contributed by atoms with van der Waals surface area (Å²) in [7, 11) is 0. The Balaban J connectivity index is 1.60. The summed E-state index contributed by atoms with van der Waals surface area (Å²) in [6, 6.07) is 24.7. The van der Waals surface area contributed by atoms with Crippen LogP contribution >= 0.6 is 0 Å². The quantitative estimate of drug-likeness (QED) is 0.0850. The standard InChI is InChI=1S/C60H46N4O16/c1-29(65)73-45-13-9-14-46(74-30(2)66)57(45)53-37-21-23-39(61-37)54(58-47(75-31(3)67)15-10-16-48(58)76-32(4)68)41-25-27-43(63-41)56(60-51(79-35(7)71)19-12-20-52(60)80-36(8)72)44-28-26-42(64-44)55(40-24-22-38(53)62-40)59-49(77-33(5)69)17-11-18-50(59)78-34(6)70/h9-28,61,64H,1-8H3. The first-order valence-electron chi connectivity index (χ1n) is 24.4. The molecule has 20 nitrogen and oxygen atoms in total. The molecule has 20 heteroatoms. The lowest BCUT2D eigenvalue weighted by Gasteiger charge is -2.16. The molecule has 5 heterocycles. The summed E-state index contributed by atoms with van der Waals surface area (Å²) < 4.78 is 46.6. The van der Waals surface area contributed by atoms with Crippen LogP contribution in [-0.2, 0) is 38.4 Å². The third-order valence-electron chi connectivity index (χ3n) is 11.7. The van der Waals surface area contributed by atoms with Crippen LogP contribution in [0.25, 0.3) is 90.9 Å². The molecule has 0 saturated heterocycles. The number of rotatable bonds is 12. The minimum atomic E-state index is -0.720. The number of nitrogens with zero attached hydrogens (tertiary/aromatic N) is 2. The Labute approximate surface area is 454 Å². The Morgan fingerprint density at radius 3 is 0.575 bits per heavy atom. The fourth-order valence-corrected chi connectivity index (χ4v) is 9.21. The maximum absolute atomic E-state index is 12.9. The van der Waals surface area contributed by atoms with Crippen molar-refractivity contribution in [1.29, 1.82) is 0 Å². The Morgan fingerprint density at radius 1 is 0.263 bits per heavy atom. The van der Waals surface area contributed by atoms with E-state index in [2.05, 4.69) is 9.97 Å². The molecule has 8 bridgehead atoms. The average Bonchev–Trinajstić information content (AvgIpc) is 4.31. The van der Waals surface area contributed by atoms with E-state index in [0.29, 0.717) is 0 Å². The number of hydrogen-bond donors (Lipinski definition) is 2. The monoisotopic (exact) mass is 1080 g/mol. The van der Waals surface area contributed by atoms with Gasteiger partial charge in [-0.3, -0.25) is 38.4 Å². The SMILES string of the molecule is CC(=O)Oc1cccc(OC(C)=O)c1-c1c2nc(c(-c3c(OC(C)=O)cccc3OC(C)=O)c3ccc([nH]3)c(-c3c(OC(C)=O)cccc3OC(C)=O)c3nc(c(-c4c(OC(C)=O)cccc4OC(C)=O)c4ccc1[nH]4)C=C3)C=C2. The van der Waals surface area contributed by atoms with Gasteiger partial charge in [0.25, 0.3) is 0 Å². The molecule has 0 spiro atoms. The van der Waals surface area contributed by atoms with Crippen molar-refractivity contribution in [3.05, 3.63) is 120 Å². The molecule has 0 radical (unpaired) electrons. The predicted octanol–water partition coefficient (Wildman–Crippen LogP) is 10.7. The summed E-state index contributed by atoms with van der Waals surface area (Å²) in [6.07, 6.45) is 6.49. The van der Waals surface area contributed by atoms with Gasteiger partial charge in [0, 0.05) is 99.7 Å². The van der Waals surface area contributed by atoms with Gasteiger partial charge in [-0.15, -0.1) is 0 Å². The Hall–Kier alpha value is -10.8. The van der Waals surface area contributed by atoms with Crippen molar-refractivity contribution >= 4 is 94.1 Å². The molecule has 0 unspecified atom stereocenters. The molecule has 4 aromatic carbocycles. The molecule has 0 fully saturated rings. The number of H-pyrrole nitrogens is 2. The van der Waals surface area contributed by atoms with Crippen LogP contribution in [0, 0.1) is 0 Å². The van der Waals surface area contributed by atoms with Gasteiger partial charge in [0.15, 0.2) is 0 Å². The molecule has 2 aliphatic heterocycles. The van der Waals surface area contributed by atoms with Crippen molar-refractivity contribution in [3.8, 4) is 90.5 Å². The molecular weight excluding hydrogens is 1030 g/mol. The maximum atomic E-state index is 12.9. The summed E-state index contributed by atoms with van der Waals surface area (Å²) in [5, 5.41) is 0. The molecule has 9 rings (SSSR count). The number of esters is 8. The van der Waals surface area contributed by atoms with Gasteiger partial charge in [-0.25, -0.2) is 9.97 Å². The minimum Gasteiger partial charge on any atom is -0.426 e. The highest BCUT2D eigenvalue weighted by Crippen LogP contribution is 2.50. The summed E-state index contributed by atoms with van der Waals surface area (Å²) in [5.41, 5.74) is 2.62. The summed E-state index contributed by atoms with van der Waals surface area (Å²) in [6.45, 7) is 9.58. The van der Waals surface area contributed by atoms with Crippen LogP contribution < -0.4 is 37.9 Å². The van der Waals surface area contributed by atoms with Crippen LogP contribution in [0.15, 0.2) is 97.1 Å². The van der Waals surface area contributed by atoms with E-state index < -0.39 is 47.8 Å². The Morgan fingerprint density at radius 2 is 0.425 bits per heavy atom. The Kier molecular flexibility index (Phi) is 15.2. The van der Waals surface area contributed by atoms with Gasteiger partial charge in [0.2, 0.25) is 0 Å². The molecule has 0 amide bonds. The van der Waals surface area contributed by atoms with Crippen LogP contribution in [0.2, 0.25) is 0 Å². The second kappa shape index (κ2) is 22.4. The zero-order chi connectivity index (χ0) is 57.1. The van der Waals surface area contributed by atoms with Gasteiger partial charge in [-0.1, -0.05) is 24.3 Å². The zero-order valence-corrected chi connectivity index (χ0v) is 44.0. The number of nitrogens with one attached hydrogen (secondary N) is 2. The number of carbonyl (C=O) groups excluding carboxylic acids is 8. The molecule has 3 aromatic heterocycles. The number of hydrogen-bond acceptors (Lipinski definition) is 18. The average molecular weight is 1080 g/mol. The van der Waals surface area contributed by atoms with Gasteiger partial charge >= 0.3 is 47.8 Å². The first-order valence-corrected chi connectivity index (χ1v) is 24.4. The predicted molar refractivity (Wildman–Crippen MR) is 291 cm³/mol. The number of aromatic nitrogens is 4. The molecule has 2 aliphatic rings. The summed E-state index contributed by atoms with van der Waals surface area (Å²) in [5.74, 6) is -6.16. The molecule has 80 heavy (non-hydrogen) atoms. The van der Waals surface area contributed by atoms with Gasteiger partial charge in [0.1, 0.15) is 46.0 Å². The van der Waals surface area contributed by atoms with Crippen LogP contribution in [0.5, 0.6) is 46.0 Å². The van der Waals surface area contributed by atoms with Crippen molar-refractivity contribution in [1.82, 2.24) is 19.9 Å². The normalized spacial score (nSPS) is 11.3. The summed E-state index contributed by atoms with van der Waals surface area (Å²) >= 11 is 0. The second-order valence-corrected chi connectivity index (χ2v) is 17.8. The van der Waals surface area contributed by atoms with E-state index in [1.54, 1.807) is 48.6 Å². The van der Waals surface area contributed by atoms with Gasteiger partial charge in [0.05, 0.1) is 45.0 Å². The number of carbonyl (C=O) groups is 8. The molecule has 0 saturated carbocycles. The first-order chi connectivity index (χ1) is 38.2. The van der Waals surface area contributed by atoms with E-state index in [9.17, 15) is 38.4 Å². The fourth-order valence-electron chi connectivity index (χ4n) is 9.21. The lowest BCUT2D eigenvalue weighted by molar-refractivity contribution is -0.133. The third kappa shape index (κ3) is 11.3. The number of benzene rings is 4. The maximum Gasteiger partial charge on any atom is 0.308 e. The van der Waals surface area contributed by atoms with E-state index in [1.807, 2.05) is 0 Å². The van der Waals surface area contributed by atoms with E-state index in [4.69, 9.17) is 47.9 Å². The van der Waals surface area contributed by atoms with Crippen molar-refractivity contribution in [3.63, 3.8) is 0 Å². The zero-order valence-electron chi connectivity index (χ0n) is 44.0. The molecule has 0 aliphatic carbocycles. The molecule has 2 N–H and O–H groups in total. The first kappa shape index (κ1) is 54.0. The van der Waals surface area contributed by atoms with Crippen molar-refractivity contribution in [2.45, 2.75) is 55.4 Å². The topological polar surface area (TPSA) is 268 Å². The van der Waals surface area contributed by atoms with Gasteiger partial charge in [-0.2, -0.15) is 0 Å². The van der Waals surface area contributed by atoms with E-state index in [1.165, 1.54) is 128 Å². The van der Waals surface area contributed by atoms with Gasteiger partial charge < -0.3 is 47.9 Å². The van der Waals surface area contributed by atoms with Gasteiger partial charge in [-0.05, 0) is 97.1 Å². The summed E-state index contributed by atoms with van der Waals surface area (Å²) in [4.78, 5) is 121. The number of aromatic amines is 2. The van der Waals surface area contributed by atoms with Crippen LogP contribution in [0.3, 0.4) is 0 Å². The highest BCUT2D eigenvalue weighted by atomic mass is 16.6. The molecule has 7 aromatic rings. The Bertz CT molecular complexity index is 3420. The fraction of sp³-hybridized carbons (Fsp3) is 0.133. The second-order valence-electron chi connectivity index (χ2n) is 17.8. The van der Waals surface area contributed by atoms with Crippen LogP contribution in [0.1, 0.15) is 78.2 Å². The van der Waals surface area contributed by atoms with E-state index in [0.717, 1.165) is 0 Å². The van der Waals surface area contributed by atoms with Crippen molar-refractivity contribution in [2.75, 3.05) is 0 Å². The lowest BCUT2D eigenvalue weighted by Crippen LogP contribution is -2.07. The highest BCUT2D eigenvalue weighted by Gasteiger charge is 2.29. The van der Waals surface area contributed by atoms with Crippen molar-refractivity contribution in [2.24, 2.45) is 0 Å².